The van der Waals surface area contributed by atoms with Crippen LogP contribution in [0, 0.1) is 5.41 Å². The van der Waals surface area contributed by atoms with E-state index in [2.05, 4.69) is 27.6 Å². The molecule has 6 nitrogen and oxygen atoms in total. The number of nitrogens with zero attached hydrogens (tertiary/aromatic N) is 3. The molecule has 7 heteroatoms. The van der Waals surface area contributed by atoms with Crippen molar-refractivity contribution in [1.29, 1.82) is 0 Å². The van der Waals surface area contributed by atoms with Crippen molar-refractivity contribution in [3.63, 3.8) is 0 Å². The van der Waals surface area contributed by atoms with Gasteiger partial charge in [0, 0.05) is 52.3 Å². The average molecular weight is 463 g/mol. The first-order valence-corrected chi connectivity index (χ1v) is 9.28. The summed E-state index contributed by atoms with van der Waals surface area (Å²) in [5.41, 5.74) is 0.377. The van der Waals surface area contributed by atoms with Crippen LogP contribution in [0.3, 0.4) is 0 Å². The van der Waals surface area contributed by atoms with Gasteiger partial charge in [-0.05, 0) is 44.1 Å². The molecule has 144 valence electrons. The Balaban J connectivity index is 0.00000312. The van der Waals surface area contributed by atoms with Crippen LogP contribution in [0.2, 0.25) is 0 Å². The summed E-state index contributed by atoms with van der Waals surface area (Å²) < 4.78 is 7.54. The minimum atomic E-state index is 0. The molecule has 0 atom stereocenters. The van der Waals surface area contributed by atoms with Crippen molar-refractivity contribution in [1.82, 2.24) is 20.4 Å². The Hall–Kier alpha value is -0.830. The van der Waals surface area contributed by atoms with Gasteiger partial charge in [-0.3, -0.25) is 9.67 Å². The van der Waals surface area contributed by atoms with E-state index in [9.17, 15) is 0 Å². The molecule has 1 fully saturated rings. The second kappa shape index (κ2) is 12.5. The quantitative estimate of drug-likeness (QED) is 0.242. The Bertz CT molecular complexity index is 472. The van der Waals surface area contributed by atoms with Crippen LogP contribution in [-0.4, -0.2) is 49.1 Å². The van der Waals surface area contributed by atoms with Gasteiger partial charge in [0.25, 0.3) is 0 Å². The van der Waals surface area contributed by atoms with Gasteiger partial charge in [-0.15, -0.1) is 24.0 Å². The minimum absolute atomic E-state index is 0. The van der Waals surface area contributed by atoms with Crippen molar-refractivity contribution < 1.29 is 4.74 Å². The highest BCUT2D eigenvalue weighted by Crippen LogP contribution is 2.40. The highest BCUT2D eigenvalue weighted by Gasteiger charge is 2.33. The predicted octanol–water partition coefficient (Wildman–Crippen LogP) is 3.04. The summed E-state index contributed by atoms with van der Waals surface area (Å²) >= 11 is 0. The molecule has 2 rings (SSSR count). The maximum absolute atomic E-state index is 5.59. The number of halogens is 1. The van der Waals surface area contributed by atoms with Crippen molar-refractivity contribution in [3.8, 4) is 0 Å². The lowest BCUT2D eigenvalue weighted by atomic mass is 9.83. The van der Waals surface area contributed by atoms with Gasteiger partial charge in [0.1, 0.15) is 0 Å². The molecular formula is C18H34IN5O. The third kappa shape index (κ3) is 7.94. The van der Waals surface area contributed by atoms with Gasteiger partial charge < -0.3 is 15.4 Å². The van der Waals surface area contributed by atoms with Gasteiger partial charge in [0.05, 0.1) is 0 Å². The Morgan fingerprint density at radius 2 is 2.12 bits per heavy atom. The van der Waals surface area contributed by atoms with Gasteiger partial charge in [0.15, 0.2) is 5.96 Å². The highest BCUT2D eigenvalue weighted by atomic mass is 127. The zero-order valence-corrected chi connectivity index (χ0v) is 18.0. The van der Waals surface area contributed by atoms with E-state index in [1.807, 2.05) is 30.2 Å². The Kier molecular flexibility index (Phi) is 11.1. The third-order valence-electron chi connectivity index (χ3n) is 4.92. The van der Waals surface area contributed by atoms with Gasteiger partial charge in [-0.25, -0.2) is 0 Å². The second-order valence-electron chi connectivity index (χ2n) is 6.63. The van der Waals surface area contributed by atoms with Crippen LogP contribution in [0.1, 0.15) is 45.4 Å². The fourth-order valence-corrected chi connectivity index (χ4v) is 3.45. The summed E-state index contributed by atoms with van der Waals surface area (Å²) in [5, 5.41) is 11.2. The lowest BCUT2D eigenvalue weighted by Gasteiger charge is -2.30. The van der Waals surface area contributed by atoms with Crippen LogP contribution < -0.4 is 10.6 Å². The summed E-state index contributed by atoms with van der Waals surface area (Å²) in [6, 6.07) is 1.96. The molecule has 2 N–H and O–H groups in total. The largest absolute Gasteiger partial charge is 0.382 e. The number of rotatable bonds is 10. The molecule has 1 aromatic heterocycles. The topological polar surface area (TPSA) is 63.5 Å². The summed E-state index contributed by atoms with van der Waals surface area (Å²) in [5.74, 6) is 0.901. The fourth-order valence-electron chi connectivity index (χ4n) is 3.45. The van der Waals surface area contributed by atoms with E-state index in [0.717, 1.165) is 51.6 Å². The molecule has 1 aliphatic carbocycles. The first-order valence-electron chi connectivity index (χ1n) is 9.28. The average Bonchev–Trinajstić information content (AvgIpc) is 3.27. The monoisotopic (exact) mass is 463 g/mol. The molecule has 0 unspecified atom stereocenters. The number of hydrogen-bond donors (Lipinski definition) is 2. The van der Waals surface area contributed by atoms with Crippen molar-refractivity contribution in [3.05, 3.63) is 18.5 Å². The molecular weight excluding hydrogens is 429 g/mol. The van der Waals surface area contributed by atoms with E-state index in [1.165, 1.54) is 25.7 Å². The van der Waals surface area contributed by atoms with E-state index in [4.69, 9.17) is 4.74 Å². The smallest absolute Gasteiger partial charge is 0.190 e. The van der Waals surface area contributed by atoms with Crippen LogP contribution in [-0.2, 0) is 11.3 Å². The molecule has 1 aromatic rings. The Labute approximate surface area is 169 Å². The Morgan fingerprint density at radius 1 is 1.32 bits per heavy atom. The Morgan fingerprint density at radius 3 is 2.76 bits per heavy atom. The molecule has 0 saturated heterocycles. The summed E-state index contributed by atoms with van der Waals surface area (Å²) in [6.07, 6.45) is 11.2. The van der Waals surface area contributed by atoms with Gasteiger partial charge in [-0.1, -0.05) is 12.8 Å². The first-order chi connectivity index (χ1) is 11.8. The van der Waals surface area contributed by atoms with Gasteiger partial charge >= 0.3 is 0 Å². The van der Waals surface area contributed by atoms with E-state index in [-0.39, 0.29) is 24.0 Å². The zero-order chi connectivity index (χ0) is 17.1. The molecule has 25 heavy (non-hydrogen) atoms. The molecule has 1 aliphatic rings. The molecule has 0 bridgehead atoms. The molecule has 0 amide bonds. The number of guanidine groups is 1. The maximum Gasteiger partial charge on any atom is 0.190 e. The maximum atomic E-state index is 5.59. The number of hydrogen-bond acceptors (Lipinski definition) is 3. The SMILES string of the molecule is CCOCCC1(CNC(=NC)NCCCn2cccn2)CCCC1.I. The van der Waals surface area contributed by atoms with Crippen molar-refractivity contribution in [2.24, 2.45) is 10.4 Å². The van der Waals surface area contributed by atoms with Crippen LogP contribution in [0.5, 0.6) is 0 Å². The van der Waals surface area contributed by atoms with E-state index in [0.29, 0.717) is 5.41 Å². The van der Waals surface area contributed by atoms with Gasteiger partial charge in [-0.2, -0.15) is 5.10 Å². The zero-order valence-electron chi connectivity index (χ0n) is 15.7. The van der Waals surface area contributed by atoms with E-state index < -0.39 is 0 Å². The molecule has 0 radical (unpaired) electrons. The predicted molar refractivity (Wildman–Crippen MR) is 114 cm³/mol. The third-order valence-corrected chi connectivity index (χ3v) is 4.92. The normalized spacial score (nSPS) is 16.5. The van der Waals surface area contributed by atoms with Crippen LogP contribution in [0.15, 0.2) is 23.5 Å². The highest BCUT2D eigenvalue weighted by molar-refractivity contribution is 14.0. The lowest BCUT2D eigenvalue weighted by Crippen LogP contribution is -2.43. The van der Waals surface area contributed by atoms with E-state index >= 15 is 0 Å². The first kappa shape index (κ1) is 22.2. The van der Waals surface area contributed by atoms with Crippen LogP contribution >= 0.6 is 24.0 Å². The van der Waals surface area contributed by atoms with Crippen LogP contribution in [0.25, 0.3) is 0 Å². The number of aryl methyl sites for hydroxylation is 1. The molecule has 1 heterocycles. The summed E-state index contributed by atoms with van der Waals surface area (Å²) in [7, 11) is 1.84. The molecule has 0 aromatic carbocycles. The summed E-state index contributed by atoms with van der Waals surface area (Å²) in [6.45, 7) is 6.55. The second-order valence-corrected chi connectivity index (χ2v) is 6.63. The van der Waals surface area contributed by atoms with Gasteiger partial charge in [0.2, 0.25) is 0 Å². The van der Waals surface area contributed by atoms with Crippen molar-refractivity contribution in [2.75, 3.05) is 33.4 Å². The number of nitrogens with one attached hydrogen (secondary N) is 2. The van der Waals surface area contributed by atoms with E-state index in [1.54, 1.807) is 0 Å². The molecule has 0 aliphatic heterocycles. The lowest BCUT2D eigenvalue weighted by molar-refractivity contribution is 0.105. The molecule has 1 saturated carbocycles. The number of aromatic nitrogens is 2. The molecule has 0 spiro atoms. The number of ether oxygens (including phenoxy) is 1. The minimum Gasteiger partial charge on any atom is -0.382 e. The number of aliphatic imine (C=N–C) groups is 1. The fraction of sp³-hybridized carbons (Fsp3) is 0.778. The standard InChI is InChI=1S/C18H33N5O.HI/c1-3-24-15-10-18(8-4-5-9-18)16-21-17(19-2)20-11-6-13-23-14-7-12-22-23;/h7,12,14H,3-6,8-11,13,15-16H2,1-2H3,(H2,19,20,21);1H. The summed E-state index contributed by atoms with van der Waals surface area (Å²) in [4.78, 5) is 4.35. The van der Waals surface area contributed by atoms with Crippen molar-refractivity contribution >= 4 is 29.9 Å². The van der Waals surface area contributed by atoms with Crippen molar-refractivity contribution in [2.45, 2.75) is 52.0 Å². The van der Waals surface area contributed by atoms with Crippen LogP contribution in [0.4, 0.5) is 0 Å².